The Morgan fingerprint density at radius 3 is 2.71 bits per heavy atom. The molecule has 21 heavy (non-hydrogen) atoms. The Bertz CT molecular complexity index is 534. The second-order valence-corrected chi connectivity index (χ2v) is 8.38. The molecule has 0 bridgehead atoms. The van der Waals surface area contributed by atoms with E-state index in [9.17, 15) is 5.11 Å². The van der Waals surface area contributed by atoms with Gasteiger partial charge in [-0.2, -0.15) is 0 Å². The number of hydrogen-bond donors (Lipinski definition) is 2. The molecule has 4 aliphatic rings. The molecule has 0 aromatic rings. The maximum absolute atomic E-state index is 9.98. The molecule has 0 amide bonds. The van der Waals surface area contributed by atoms with Crippen molar-refractivity contribution in [2.75, 3.05) is 0 Å². The van der Waals surface area contributed by atoms with Crippen molar-refractivity contribution >= 4 is 0 Å². The molecule has 1 fully saturated rings. The van der Waals surface area contributed by atoms with Gasteiger partial charge in [-0.15, -0.1) is 0 Å². The first-order valence-corrected chi connectivity index (χ1v) is 8.82. The molecule has 1 saturated carbocycles. The maximum atomic E-state index is 9.98. The molecule has 4 aliphatic carbocycles. The second kappa shape index (κ2) is 4.45. The number of rotatable bonds is 0. The van der Waals surface area contributed by atoms with E-state index in [1.54, 1.807) is 11.1 Å². The zero-order valence-electron chi connectivity index (χ0n) is 13.5. The summed E-state index contributed by atoms with van der Waals surface area (Å²) in [6, 6.07) is 0.398. The van der Waals surface area contributed by atoms with Crippen molar-refractivity contribution in [3.63, 3.8) is 0 Å². The highest BCUT2D eigenvalue weighted by Gasteiger charge is 2.52. The Balaban J connectivity index is 1.78. The molecule has 116 valence electrons. The minimum absolute atomic E-state index is 0.205. The lowest BCUT2D eigenvalue weighted by molar-refractivity contribution is 0.149. The van der Waals surface area contributed by atoms with Gasteiger partial charge in [-0.3, -0.25) is 0 Å². The van der Waals surface area contributed by atoms with Crippen LogP contribution in [0.3, 0.4) is 0 Å². The van der Waals surface area contributed by atoms with E-state index in [2.05, 4.69) is 19.9 Å². The summed E-state index contributed by atoms with van der Waals surface area (Å²) in [5.74, 6) is 0.737. The minimum Gasteiger partial charge on any atom is -0.389 e. The van der Waals surface area contributed by atoms with Crippen LogP contribution in [-0.2, 0) is 0 Å². The first-order valence-electron chi connectivity index (χ1n) is 8.82. The van der Waals surface area contributed by atoms with Crippen molar-refractivity contribution in [2.24, 2.45) is 22.5 Å². The molecule has 0 radical (unpaired) electrons. The van der Waals surface area contributed by atoms with E-state index in [0.29, 0.717) is 11.5 Å². The monoisotopic (exact) mass is 287 g/mol. The smallest absolute Gasteiger partial charge is 0.0724 e. The Hall–Kier alpha value is -0.600. The van der Waals surface area contributed by atoms with E-state index in [1.165, 1.54) is 37.7 Å². The molecule has 0 heterocycles. The van der Waals surface area contributed by atoms with Gasteiger partial charge in [0.15, 0.2) is 0 Å². The fourth-order valence-corrected chi connectivity index (χ4v) is 5.99. The number of aliphatic hydroxyl groups excluding tert-OH is 1. The summed E-state index contributed by atoms with van der Waals surface area (Å²) in [4.78, 5) is 0. The highest BCUT2D eigenvalue weighted by Crippen LogP contribution is 2.62. The number of allylic oxidation sites excluding steroid dienone is 3. The van der Waals surface area contributed by atoms with Crippen molar-refractivity contribution in [2.45, 2.75) is 77.4 Å². The van der Waals surface area contributed by atoms with E-state index in [1.807, 2.05) is 0 Å². The highest BCUT2D eigenvalue weighted by molar-refractivity contribution is 5.42. The fraction of sp³-hybridized carbons (Fsp3) is 0.789. The van der Waals surface area contributed by atoms with E-state index in [-0.39, 0.29) is 11.5 Å². The third-order valence-corrected chi connectivity index (χ3v) is 7.50. The van der Waals surface area contributed by atoms with Crippen LogP contribution in [0.4, 0.5) is 0 Å². The molecule has 0 aliphatic heterocycles. The average Bonchev–Trinajstić information content (AvgIpc) is 2.76. The van der Waals surface area contributed by atoms with Crippen LogP contribution in [0.2, 0.25) is 0 Å². The number of hydrogen-bond acceptors (Lipinski definition) is 2. The molecule has 2 heteroatoms. The van der Waals surface area contributed by atoms with Crippen LogP contribution in [0, 0.1) is 16.7 Å². The Labute approximate surface area is 128 Å². The average molecular weight is 287 g/mol. The molecule has 5 atom stereocenters. The maximum Gasteiger partial charge on any atom is 0.0724 e. The number of aliphatic hydroxyl groups is 1. The van der Waals surface area contributed by atoms with Crippen LogP contribution in [0.15, 0.2) is 22.8 Å². The van der Waals surface area contributed by atoms with Crippen molar-refractivity contribution in [1.29, 1.82) is 0 Å². The summed E-state index contributed by atoms with van der Waals surface area (Å²) in [6.07, 6.45) is 11.4. The van der Waals surface area contributed by atoms with Gasteiger partial charge in [0.2, 0.25) is 0 Å². The first kappa shape index (κ1) is 14.0. The van der Waals surface area contributed by atoms with Gasteiger partial charge in [0.05, 0.1) is 6.10 Å². The zero-order valence-corrected chi connectivity index (χ0v) is 13.5. The molecule has 0 spiro atoms. The lowest BCUT2D eigenvalue weighted by Gasteiger charge is -2.51. The van der Waals surface area contributed by atoms with Crippen molar-refractivity contribution in [3.8, 4) is 0 Å². The summed E-state index contributed by atoms with van der Waals surface area (Å²) in [7, 11) is 0. The van der Waals surface area contributed by atoms with Crippen LogP contribution in [-0.4, -0.2) is 17.3 Å². The summed E-state index contributed by atoms with van der Waals surface area (Å²) >= 11 is 0. The SMILES string of the molecule is C[C@]12CCC(O)C=C1CCC1=C2CC[C@]2(C)[C@@H](N)CC[C@@H]12. The van der Waals surface area contributed by atoms with Gasteiger partial charge in [-0.05, 0) is 62.7 Å². The van der Waals surface area contributed by atoms with Crippen LogP contribution >= 0.6 is 0 Å². The molecule has 1 unspecified atom stereocenters. The van der Waals surface area contributed by atoms with E-state index in [0.717, 1.165) is 25.2 Å². The summed E-state index contributed by atoms with van der Waals surface area (Å²) in [5, 5.41) is 9.98. The normalized spacial score (nSPS) is 49.3. The molecule has 3 N–H and O–H groups in total. The summed E-state index contributed by atoms with van der Waals surface area (Å²) in [5.41, 5.74) is 12.1. The summed E-state index contributed by atoms with van der Waals surface area (Å²) in [6.45, 7) is 4.88. The predicted molar refractivity (Wildman–Crippen MR) is 85.7 cm³/mol. The van der Waals surface area contributed by atoms with Gasteiger partial charge in [0, 0.05) is 11.5 Å². The molecular weight excluding hydrogens is 258 g/mol. The second-order valence-electron chi connectivity index (χ2n) is 8.38. The van der Waals surface area contributed by atoms with Gasteiger partial charge in [0.25, 0.3) is 0 Å². The molecule has 0 aromatic carbocycles. The van der Waals surface area contributed by atoms with Gasteiger partial charge in [0.1, 0.15) is 0 Å². The van der Waals surface area contributed by atoms with Crippen LogP contribution in [0.5, 0.6) is 0 Å². The van der Waals surface area contributed by atoms with E-state index < -0.39 is 0 Å². The van der Waals surface area contributed by atoms with Gasteiger partial charge >= 0.3 is 0 Å². The van der Waals surface area contributed by atoms with Gasteiger partial charge in [-0.25, -0.2) is 0 Å². The van der Waals surface area contributed by atoms with Gasteiger partial charge < -0.3 is 10.8 Å². The number of nitrogens with two attached hydrogens (primary N) is 1. The van der Waals surface area contributed by atoms with Crippen molar-refractivity contribution in [3.05, 3.63) is 22.8 Å². The molecular formula is C19H29NO. The first-order chi connectivity index (χ1) is 9.95. The Kier molecular flexibility index (Phi) is 2.97. The quantitative estimate of drug-likeness (QED) is 0.667. The minimum atomic E-state index is -0.205. The van der Waals surface area contributed by atoms with Gasteiger partial charge in [-0.1, -0.05) is 36.6 Å². The topological polar surface area (TPSA) is 46.2 Å². The summed E-state index contributed by atoms with van der Waals surface area (Å²) < 4.78 is 0. The van der Waals surface area contributed by atoms with Crippen LogP contribution in [0.1, 0.15) is 65.2 Å². The Morgan fingerprint density at radius 2 is 1.90 bits per heavy atom. The third-order valence-electron chi connectivity index (χ3n) is 7.50. The molecule has 2 nitrogen and oxygen atoms in total. The Morgan fingerprint density at radius 1 is 1.10 bits per heavy atom. The lowest BCUT2D eigenvalue weighted by Crippen LogP contribution is -2.44. The van der Waals surface area contributed by atoms with Crippen LogP contribution < -0.4 is 5.73 Å². The third kappa shape index (κ3) is 1.78. The standard InChI is InChI=1S/C19H29NO/c1-18-9-7-13(21)11-12(18)3-4-14-15-5-6-17(20)19(15,2)10-8-16(14)18/h11,13,15,17,21H,3-10,20H2,1-2H3/t13?,15-,17-,18-,19-/m0/s1. The van der Waals surface area contributed by atoms with E-state index >= 15 is 0 Å². The van der Waals surface area contributed by atoms with Crippen molar-refractivity contribution < 1.29 is 5.11 Å². The van der Waals surface area contributed by atoms with E-state index in [4.69, 9.17) is 5.73 Å². The lowest BCUT2D eigenvalue weighted by atomic mass is 9.54. The predicted octanol–water partition coefficient (Wildman–Crippen LogP) is 3.70. The highest BCUT2D eigenvalue weighted by atomic mass is 16.3. The van der Waals surface area contributed by atoms with Crippen molar-refractivity contribution in [1.82, 2.24) is 0 Å². The van der Waals surface area contributed by atoms with Crippen LogP contribution in [0.25, 0.3) is 0 Å². The zero-order chi connectivity index (χ0) is 14.8. The number of fused-ring (bicyclic) bond motifs is 4. The largest absolute Gasteiger partial charge is 0.389 e. The fourth-order valence-electron chi connectivity index (χ4n) is 5.99. The molecule has 0 saturated heterocycles. The molecule has 0 aromatic heterocycles. The molecule has 4 rings (SSSR count).